The molecular weight excluding hydrogens is 228 g/mol. The van der Waals surface area contributed by atoms with Crippen molar-refractivity contribution < 1.29 is 0 Å². The summed E-state index contributed by atoms with van der Waals surface area (Å²) in [4.78, 5) is 9.56. The molecular formula is C12H10N6. The van der Waals surface area contributed by atoms with E-state index < -0.39 is 0 Å². The van der Waals surface area contributed by atoms with Crippen LogP contribution in [0.15, 0.2) is 55.2 Å². The van der Waals surface area contributed by atoms with Crippen LogP contribution in [-0.4, -0.2) is 25.0 Å². The molecule has 0 aliphatic rings. The Labute approximate surface area is 103 Å². The van der Waals surface area contributed by atoms with Gasteiger partial charge in [-0.15, -0.1) is 4.80 Å². The highest BCUT2D eigenvalue weighted by molar-refractivity contribution is 5.66. The summed E-state index contributed by atoms with van der Waals surface area (Å²) in [6.07, 6.45) is 6.46. The Kier molecular flexibility index (Phi) is 2.67. The molecule has 0 unspecified atom stereocenters. The number of rotatable bonds is 3. The van der Waals surface area contributed by atoms with Gasteiger partial charge in [0.1, 0.15) is 17.8 Å². The van der Waals surface area contributed by atoms with Crippen LogP contribution in [0.5, 0.6) is 0 Å². The molecule has 2 aromatic heterocycles. The minimum atomic E-state index is 0.726. The lowest BCUT2D eigenvalue weighted by molar-refractivity contribution is 0.753. The van der Waals surface area contributed by atoms with E-state index in [1.54, 1.807) is 29.5 Å². The van der Waals surface area contributed by atoms with Gasteiger partial charge in [-0.05, 0) is 18.2 Å². The van der Waals surface area contributed by atoms with Gasteiger partial charge in [0, 0.05) is 6.20 Å². The molecule has 0 radical (unpaired) electrons. The predicted octanol–water partition coefficient (Wildman–Crippen LogP) is 1.80. The molecule has 18 heavy (non-hydrogen) atoms. The molecule has 0 aliphatic heterocycles. The van der Waals surface area contributed by atoms with E-state index in [1.807, 2.05) is 24.3 Å². The Bertz CT molecular complexity index is 620. The van der Waals surface area contributed by atoms with Crippen molar-refractivity contribution >= 4 is 11.5 Å². The average Bonchev–Trinajstić information content (AvgIpc) is 2.94. The summed E-state index contributed by atoms with van der Waals surface area (Å²) in [5, 5.41) is 11.5. The topological polar surface area (TPSA) is 68.5 Å². The van der Waals surface area contributed by atoms with Gasteiger partial charge in [-0.1, -0.05) is 12.1 Å². The molecule has 0 saturated heterocycles. The van der Waals surface area contributed by atoms with E-state index in [0.29, 0.717) is 0 Å². The Morgan fingerprint density at radius 2 is 1.78 bits per heavy atom. The molecule has 88 valence electrons. The van der Waals surface area contributed by atoms with Gasteiger partial charge >= 0.3 is 0 Å². The Hall–Kier alpha value is -2.76. The molecule has 1 N–H and O–H groups in total. The van der Waals surface area contributed by atoms with Crippen molar-refractivity contribution in [3.8, 4) is 5.69 Å². The third-order valence-corrected chi connectivity index (χ3v) is 2.38. The van der Waals surface area contributed by atoms with Crippen molar-refractivity contribution in [3.63, 3.8) is 0 Å². The average molecular weight is 238 g/mol. The van der Waals surface area contributed by atoms with Crippen molar-refractivity contribution in [2.75, 3.05) is 5.32 Å². The zero-order valence-electron chi connectivity index (χ0n) is 9.43. The summed E-state index contributed by atoms with van der Waals surface area (Å²) in [6, 6.07) is 9.55. The standard InChI is InChI=1S/C12H10N6/c1-2-4-11(18-15-7-8-16-18)10(3-1)17-12-5-6-13-9-14-12/h1-9H,(H,13,14,17). The van der Waals surface area contributed by atoms with Gasteiger partial charge < -0.3 is 5.32 Å². The molecule has 2 heterocycles. The molecule has 3 aromatic rings. The van der Waals surface area contributed by atoms with E-state index in [9.17, 15) is 0 Å². The first-order chi connectivity index (χ1) is 8.93. The number of benzene rings is 1. The minimum absolute atomic E-state index is 0.726. The number of hydrogen-bond donors (Lipinski definition) is 1. The molecule has 1 aromatic carbocycles. The first-order valence-electron chi connectivity index (χ1n) is 5.42. The zero-order chi connectivity index (χ0) is 12.2. The Morgan fingerprint density at radius 3 is 2.56 bits per heavy atom. The number of nitrogens with one attached hydrogen (secondary N) is 1. The summed E-state index contributed by atoms with van der Waals surface area (Å²) in [6.45, 7) is 0. The fourth-order valence-corrected chi connectivity index (χ4v) is 1.60. The van der Waals surface area contributed by atoms with Crippen molar-refractivity contribution in [1.82, 2.24) is 25.0 Å². The summed E-state index contributed by atoms with van der Waals surface area (Å²) < 4.78 is 0. The predicted molar refractivity (Wildman–Crippen MR) is 66.7 cm³/mol. The van der Waals surface area contributed by atoms with Gasteiger partial charge in [0.25, 0.3) is 0 Å². The summed E-state index contributed by atoms with van der Waals surface area (Å²) in [7, 11) is 0. The summed E-state index contributed by atoms with van der Waals surface area (Å²) in [5.74, 6) is 0.726. The quantitative estimate of drug-likeness (QED) is 0.753. The number of aromatic nitrogens is 5. The second-order valence-electron chi connectivity index (χ2n) is 3.56. The van der Waals surface area contributed by atoms with E-state index in [1.165, 1.54) is 6.33 Å². The molecule has 0 bridgehead atoms. The SMILES string of the molecule is c1ccc(-n2nccn2)c(Nc2ccncn2)c1. The fourth-order valence-electron chi connectivity index (χ4n) is 1.60. The zero-order valence-corrected chi connectivity index (χ0v) is 9.43. The second-order valence-corrected chi connectivity index (χ2v) is 3.56. The van der Waals surface area contributed by atoms with E-state index >= 15 is 0 Å². The molecule has 0 amide bonds. The maximum atomic E-state index is 4.12. The first-order valence-corrected chi connectivity index (χ1v) is 5.42. The lowest BCUT2D eigenvalue weighted by Gasteiger charge is -2.09. The van der Waals surface area contributed by atoms with Crippen LogP contribution in [0, 0.1) is 0 Å². The largest absolute Gasteiger partial charge is 0.338 e. The smallest absolute Gasteiger partial charge is 0.133 e. The molecule has 3 rings (SSSR count). The third-order valence-electron chi connectivity index (χ3n) is 2.38. The van der Waals surface area contributed by atoms with Crippen LogP contribution in [-0.2, 0) is 0 Å². The van der Waals surface area contributed by atoms with Gasteiger partial charge in [-0.2, -0.15) is 10.2 Å². The minimum Gasteiger partial charge on any atom is -0.338 e. The number of hydrogen-bond acceptors (Lipinski definition) is 5. The van der Waals surface area contributed by atoms with Crippen molar-refractivity contribution in [2.24, 2.45) is 0 Å². The van der Waals surface area contributed by atoms with Gasteiger partial charge in [-0.25, -0.2) is 9.97 Å². The van der Waals surface area contributed by atoms with Gasteiger partial charge in [0.15, 0.2) is 0 Å². The number of para-hydroxylation sites is 2. The fraction of sp³-hybridized carbons (Fsp3) is 0. The van der Waals surface area contributed by atoms with E-state index in [0.717, 1.165) is 17.2 Å². The van der Waals surface area contributed by atoms with Crippen LogP contribution >= 0.6 is 0 Å². The second kappa shape index (κ2) is 4.62. The number of anilines is 2. The highest BCUT2D eigenvalue weighted by atomic mass is 15.5. The lowest BCUT2D eigenvalue weighted by Crippen LogP contribution is -2.03. The molecule has 0 fully saturated rings. The van der Waals surface area contributed by atoms with E-state index in [-0.39, 0.29) is 0 Å². The Morgan fingerprint density at radius 1 is 0.944 bits per heavy atom. The van der Waals surface area contributed by atoms with Crippen LogP contribution in [0.3, 0.4) is 0 Å². The van der Waals surface area contributed by atoms with Gasteiger partial charge in [-0.3, -0.25) is 0 Å². The van der Waals surface area contributed by atoms with Crippen LogP contribution in [0.2, 0.25) is 0 Å². The van der Waals surface area contributed by atoms with Crippen molar-refractivity contribution in [2.45, 2.75) is 0 Å². The van der Waals surface area contributed by atoms with Gasteiger partial charge in [0.05, 0.1) is 18.1 Å². The molecule has 0 saturated carbocycles. The number of nitrogens with zero attached hydrogens (tertiary/aromatic N) is 5. The third kappa shape index (κ3) is 2.03. The maximum Gasteiger partial charge on any atom is 0.133 e. The first kappa shape index (κ1) is 10.4. The van der Waals surface area contributed by atoms with Crippen LogP contribution in [0.1, 0.15) is 0 Å². The van der Waals surface area contributed by atoms with Crippen molar-refractivity contribution in [1.29, 1.82) is 0 Å². The van der Waals surface area contributed by atoms with E-state index in [4.69, 9.17) is 0 Å². The Balaban J connectivity index is 1.98. The molecule has 6 nitrogen and oxygen atoms in total. The van der Waals surface area contributed by atoms with Gasteiger partial charge in [0.2, 0.25) is 0 Å². The van der Waals surface area contributed by atoms with Crippen LogP contribution in [0.25, 0.3) is 5.69 Å². The van der Waals surface area contributed by atoms with Crippen molar-refractivity contribution in [3.05, 3.63) is 55.2 Å². The van der Waals surface area contributed by atoms with Crippen LogP contribution in [0.4, 0.5) is 11.5 Å². The van der Waals surface area contributed by atoms with Crippen LogP contribution < -0.4 is 5.32 Å². The highest BCUT2D eigenvalue weighted by Gasteiger charge is 2.05. The summed E-state index contributed by atoms with van der Waals surface area (Å²) in [5.41, 5.74) is 1.74. The molecule has 0 spiro atoms. The maximum absolute atomic E-state index is 4.12. The highest BCUT2D eigenvalue weighted by Crippen LogP contribution is 2.21. The van der Waals surface area contributed by atoms with E-state index in [2.05, 4.69) is 25.5 Å². The summed E-state index contributed by atoms with van der Waals surface area (Å²) >= 11 is 0. The molecule has 0 atom stereocenters. The monoisotopic (exact) mass is 238 g/mol. The molecule has 6 heteroatoms. The normalized spacial score (nSPS) is 10.2. The molecule has 0 aliphatic carbocycles. The lowest BCUT2D eigenvalue weighted by atomic mass is 10.2.